The van der Waals surface area contributed by atoms with E-state index in [9.17, 15) is 9.18 Å². The molecule has 6 heteroatoms. The Morgan fingerprint density at radius 2 is 2.16 bits per heavy atom. The normalized spacial score (nSPS) is 11.5. The van der Waals surface area contributed by atoms with Crippen LogP contribution in [0.4, 0.5) is 4.39 Å². The van der Waals surface area contributed by atoms with Crippen LogP contribution < -0.4 is 5.48 Å². The van der Waals surface area contributed by atoms with E-state index < -0.39 is 5.91 Å². The number of likely N-dealkylation sites (N-methyl/N-ethyl adjacent to an activating group) is 1. The number of benzene rings is 1. The smallest absolute Gasteiger partial charge is 0.258 e. The zero-order chi connectivity index (χ0) is 14.3. The maximum absolute atomic E-state index is 13.7. The number of carbonyl (C=O) groups is 1. The van der Waals surface area contributed by atoms with Crippen molar-refractivity contribution < 1.29 is 14.4 Å². The molecule has 0 radical (unpaired) electrons. The summed E-state index contributed by atoms with van der Waals surface area (Å²) in [5, 5.41) is 13.7. The van der Waals surface area contributed by atoms with Crippen LogP contribution in [0, 0.1) is 5.82 Å². The SMILES string of the molecule is CCC/C(=N\N(C)C(=O)CNO)c1ccccc1F. The summed E-state index contributed by atoms with van der Waals surface area (Å²) >= 11 is 0. The molecule has 0 spiro atoms. The summed E-state index contributed by atoms with van der Waals surface area (Å²) in [6.07, 6.45) is 1.35. The van der Waals surface area contributed by atoms with Crippen molar-refractivity contribution in [2.75, 3.05) is 13.6 Å². The lowest BCUT2D eigenvalue weighted by molar-refractivity contribution is -0.130. The van der Waals surface area contributed by atoms with Crippen molar-refractivity contribution in [3.63, 3.8) is 0 Å². The fourth-order valence-corrected chi connectivity index (χ4v) is 1.59. The van der Waals surface area contributed by atoms with Crippen LogP contribution in [0.25, 0.3) is 0 Å². The quantitative estimate of drug-likeness (QED) is 0.610. The fourth-order valence-electron chi connectivity index (χ4n) is 1.59. The van der Waals surface area contributed by atoms with Gasteiger partial charge in [-0.25, -0.2) is 9.40 Å². The van der Waals surface area contributed by atoms with E-state index >= 15 is 0 Å². The molecular formula is C13H18FN3O2. The highest BCUT2D eigenvalue weighted by Gasteiger charge is 2.12. The number of nitrogens with zero attached hydrogens (tertiary/aromatic N) is 2. The molecule has 0 aliphatic carbocycles. The molecule has 0 atom stereocenters. The Hall–Kier alpha value is -1.79. The van der Waals surface area contributed by atoms with Gasteiger partial charge in [0, 0.05) is 12.6 Å². The van der Waals surface area contributed by atoms with Crippen LogP contribution in [0.2, 0.25) is 0 Å². The third kappa shape index (κ3) is 4.42. The van der Waals surface area contributed by atoms with Gasteiger partial charge in [-0.15, -0.1) is 0 Å². The van der Waals surface area contributed by atoms with Gasteiger partial charge in [-0.1, -0.05) is 31.5 Å². The zero-order valence-electron chi connectivity index (χ0n) is 11.1. The second kappa shape index (κ2) is 7.60. The molecule has 0 aliphatic heterocycles. The summed E-state index contributed by atoms with van der Waals surface area (Å²) in [4.78, 5) is 11.5. The van der Waals surface area contributed by atoms with Crippen LogP contribution >= 0.6 is 0 Å². The Morgan fingerprint density at radius 1 is 1.47 bits per heavy atom. The van der Waals surface area contributed by atoms with Crippen LogP contribution in [-0.2, 0) is 4.79 Å². The van der Waals surface area contributed by atoms with Crippen molar-refractivity contribution in [1.82, 2.24) is 10.5 Å². The van der Waals surface area contributed by atoms with E-state index in [-0.39, 0.29) is 12.4 Å². The predicted molar refractivity (Wildman–Crippen MR) is 70.4 cm³/mol. The highest BCUT2D eigenvalue weighted by atomic mass is 19.1. The van der Waals surface area contributed by atoms with E-state index in [4.69, 9.17) is 5.21 Å². The second-order valence-corrected chi connectivity index (χ2v) is 4.03. The van der Waals surface area contributed by atoms with E-state index in [2.05, 4.69) is 5.10 Å². The number of hydroxylamine groups is 1. The minimum absolute atomic E-state index is 0.239. The lowest BCUT2D eigenvalue weighted by Gasteiger charge is -2.14. The first kappa shape index (κ1) is 15.3. The van der Waals surface area contributed by atoms with Crippen LogP contribution in [-0.4, -0.2) is 35.4 Å². The van der Waals surface area contributed by atoms with Gasteiger partial charge in [0.1, 0.15) is 12.4 Å². The minimum Gasteiger partial charge on any atom is -0.316 e. The molecule has 0 saturated heterocycles. The van der Waals surface area contributed by atoms with E-state index in [1.807, 2.05) is 6.92 Å². The molecule has 0 aromatic heterocycles. The second-order valence-electron chi connectivity index (χ2n) is 4.03. The van der Waals surface area contributed by atoms with Crippen molar-refractivity contribution in [2.45, 2.75) is 19.8 Å². The number of halogens is 1. The van der Waals surface area contributed by atoms with E-state index in [1.165, 1.54) is 13.1 Å². The fraction of sp³-hybridized carbons (Fsp3) is 0.385. The monoisotopic (exact) mass is 267 g/mol. The molecule has 0 fully saturated rings. The maximum atomic E-state index is 13.7. The molecule has 0 saturated carbocycles. The summed E-state index contributed by atoms with van der Waals surface area (Å²) in [5.41, 5.74) is 2.67. The number of hydrazone groups is 1. The van der Waals surface area contributed by atoms with Gasteiger partial charge in [-0.2, -0.15) is 10.6 Å². The molecular weight excluding hydrogens is 249 g/mol. The van der Waals surface area contributed by atoms with Crippen LogP contribution in [0.3, 0.4) is 0 Å². The van der Waals surface area contributed by atoms with Gasteiger partial charge in [-0.05, 0) is 12.5 Å². The summed E-state index contributed by atoms with van der Waals surface area (Å²) in [5.74, 6) is -0.775. The molecule has 1 aromatic carbocycles. The van der Waals surface area contributed by atoms with Crippen LogP contribution in [0.15, 0.2) is 29.4 Å². The van der Waals surface area contributed by atoms with Crippen molar-refractivity contribution in [3.05, 3.63) is 35.6 Å². The highest BCUT2D eigenvalue weighted by Crippen LogP contribution is 2.12. The molecule has 19 heavy (non-hydrogen) atoms. The van der Waals surface area contributed by atoms with Crippen molar-refractivity contribution in [3.8, 4) is 0 Å². The van der Waals surface area contributed by atoms with Crippen LogP contribution in [0.5, 0.6) is 0 Å². The third-order valence-corrected chi connectivity index (χ3v) is 2.53. The van der Waals surface area contributed by atoms with Crippen LogP contribution in [0.1, 0.15) is 25.3 Å². The van der Waals surface area contributed by atoms with Gasteiger partial charge in [0.25, 0.3) is 5.91 Å². The summed E-state index contributed by atoms with van der Waals surface area (Å²) < 4.78 is 13.7. The van der Waals surface area contributed by atoms with Gasteiger partial charge in [-0.3, -0.25) is 4.79 Å². The molecule has 5 nitrogen and oxygen atoms in total. The Labute approximate surface area is 111 Å². The highest BCUT2D eigenvalue weighted by molar-refractivity contribution is 6.01. The lowest BCUT2D eigenvalue weighted by atomic mass is 10.1. The number of rotatable bonds is 6. The molecule has 0 bridgehead atoms. The standard InChI is InChI=1S/C13H18FN3O2/c1-3-6-12(10-7-4-5-8-11(10)14)16-17(2)13(18)9-15-19/h4-5,7-8,15,19H,3,6,9H2,1-2H3/b16-12+. The molecule has 2 N–H and O–H groups in total. The molecule has 1 aromatic rings. The first-order valence-corrected chi connectivity index (χ1v) is 6.06. The van der Waals surface area contributed by atoms with E-state index in [0.717, 1.165) is 11.4 Å². The molecule has 104 valence electrons. The average molecular weight is 267 g/mol. The predicted octanol–water partition coefficient (Wildman–Crippen LogP) is 1.77. The Bertz CT molecular complexity index is 463. The topological polar surface area (TPSA) is 64.9 Å². The van der Waals surface area contributed by atoms with Gasteiger partial charge in [0.05, 0.1) is 5.71 Å². The van der Waals surface area contributed by atoms with Gasteiger partial charge >= 0.3 is 0 Å². The maximum Gasteiger partial charge on any atom is 0.258 e. The third-order valence-electron chi connectivity index (χ3n) is 2.53. The number of nitrogens with one attached hydrogen (secondary N) is 1. The summed E-state index contributed by atoms with van der Waals surface area (Å²) in [6, 6.07) is 6.32. The Balaban J connectivity index is 3.00. The Morgan fingerprint density at radius 3 is 2.74 bits per heavy atom. The summed E-state index contributed by atoms with van der Waals surface area (Å²) in [7, 11) is 1.47. The van der Waals surface area contributed by atoms with Crippen molar-refractivity contribution in [2.24, 2.45) is 5.10 Å². The molecule has 0 aliphatic rings. The molecule has 1 rings (SSSR count). The van der Waals surface area contributed by atoms with Gasteiger partial charge in [0.2, 0.25) is 0 Å². The molecule has 0 unspecified atom stereocenters. The summed E-state index contributed by atoms with van der Waals surface area (Å²) in [6.45, 7) is 1.71. The van der Waals surface area contributed by atoms with E-state index in [0.29, 0.717) is 17.7 Å². The first-order chi connectivity index (χ1) is 9.10. The largest absolute Gasteiger partial charge is 0.316 e. The lowest BCUT2D eigenvalue weighted by Crippen LogP contribution is -2.31. The molecule has 1 amide bonds. The Kier molecular flexibility index (Phi) is 6.11. The van der Waals surface area contributed by atoms with Crippen molar-refractivity contribution in [1.29, 1.82) is 0 Å². The number of hydrogen-bond donors (Lipinski definition) is 2. The van der Waals surface area contributed by atoms with Gasteiger partial charge in [0.15, 0.2) is 0 Å². The first-order valence-electron chi connectivity index (χ1n) is 6.06. The molecule has 0 heterocycles. The average Bonchev–Trinajstić information content (AvgIpc) is 2.39. The number of hydrogen-bond acceptors (Lipinski definition) is 4. The number of carbonyl (C=O) groups excluding carboxylic acids is 1. The van der Waals surface area contributed by atoms with Crippen molar-refractivity contribution >= 4 is 11.6 Å². The van der Waals surface area contributed by atoms with Gasteiger partial charge < -0.3 is 5.21 Å². The zero-order valence-corrected chi connectivity index (χ0v) is 11.1. The van der Waals surface area contributed by atoms with E-state index in [1.54, 1.807) is 23.7 Å². The number of amides is 1. The minimum atomic E-state index is -0.410.